The summed E-state index contributed by atoms with van der Waals surface area (Å²) in [4.78, 5) is 4.08. The maximum Gasteiger partial charge on any atom is 0.203 e. The molecule has 2 N–H and O–H groups in total. The highest BCUT2D eigenvalue weighted by atomic mass is 19.2. The van der Waals surface area contributed by atoms with Gasteiger partial charge in [-0.2, -0.15) is 4.39 Å². The number of rotatable bonds is 9. The first-order chi connectivity index (χ1) is 16.0. The fraction of sp³-hybridized carbons (Fsp3) is 0.240. The number of hydrogen-bond acceptors (Lipinski definition) is 5. The molecular formula is C25H23F3N2O3. The predicted octanol–water partition coefficient (Wildman–Crippen LogP) is 5.99. The number of hydrogen-bond donors (Lipinski definition) is 1. The zero-order chi connectivity index (χ0) is 23.4. The van der Waals surface area contributed by atoms with Crippen LogP contribution in [0.5, 0.6) is 11.5 Å². The Morgan fingerprint density at radius 3 is 2.64 bits per heavy atom. The lowest BCUT2D eigenvalue weighted by atomic mass is 10.1. The Labute approximate surface area is 188 Å². The first kappa shape index (κ1) is 22.7. The SMILES string of the molecule is Cc1c(COc2c(F)ccc(F)c2F)oc2cccc(OCCCC(N)c3cccnc3)c12. The smallest absolute Gasteiger partial charge is 0.203 e. The van der Waals surface area contributed by atoms with Crippen molar-refractivity contribution in [2.45, 2.75) is 32.4 Å². The number of furan rings is 1. The molecule has 1 atom stereocenters. The van der Waals surface area contributed by atoms with Crippen molar-refractivity contribution in [2.75, 3.05) is 6.61 Å². The number of aryl methyl sites for hydroxylation is 1. The molecule has 1 unspecified atom stereocenters. The third kappa shape index (κ3) is 4.96. The van der Waals surface area contributed by atoms with Crippen LogP contribution in [0.2, 0.25) is 0 Å². The molecule has 4 rings (SSSR count). The molecule has 0 saturated heterocycles. The summed E-state index contributed by atoms with van der Waals surface area (Å²) >= 11 is 0. The van der Waals surface area contributed by atoms with Gasteiger partial charge >= 0.3 is 0 Å². The summed E-state index contributed by atoms with van der Waals surface area (Å²) in [6, 6.07) is 10.6. The molecular weight excluding hydrogens is 433 g/mol. The van der Waals surface area contributed by atoms with Gasteiger partial charge in [-0.1, -0.05) is 12.1 Å². The molecule has 5 nitrogen and oxygen atoms in total. The van der Waals surface area contributed by atoms with Gasteiger partial charge in [0.05, 0.1) is 12.0 Å². The standard InChI is InChI=1S/C25H23F3N2O3/c1-15-22(14-32-25-18(27)10-9-17(26)24(25)28)33-21-8-2-7-20(23(15)21)31-12-4-6-19(29)16-5-3-11-30-13-16/h2-3,5,7-11,13,19H,4,6,12,14,29H2,1H3. The van der Waals surface area contributed by atoms with E-state index in [1.165, 1.54) is 0 Å². The highest BCUT2D eigenvalue weighted by Crippen LogP contribution is 2.34. The zero-order valence-electron chi connectivity index (χ0n) is 18.0. The lowest BCUT2D eigenvalue weighted by Gasteiger charge is -2.12. The number of pyridine rings is 1. The van der Waals surface area contributed by atoms with Crippen molar-refractivity contribution in [3.8, 4) is 11.5 Å². The topological polar surface area (TPSA) is 70.5 Å². The third-order valence-corrected chi connectivity index (χ3v) is 5.39. The molecule has 0 radical (unpaired) electrons. The number of fused-ring (bicyclic) bond motifs is 1. The van der Waals surface area contributed by atoms with Gasteiger partial charge in [0.2, 0.25) is 5.82 Å². The van der Waals surface area contributed by atoms with E-state index in [-0.39, 0.29) is 12.6 Å². The van der Waals surface area contributed by atoms with Gasteiger partial charge in [-0.25, -0.2) is 8.78 Å². The first-order valence-corrected chi connectivity index (χ1v) is 10.5. The summed E-state index contributed by atoms with van der Waals surface area (Å²) < 4.78 is 58.1. The monoisotopic (exact) mass is 456 g/mol. The van der Waals surface area contributed by atoms with Crippen LogP contribution in [0.1, 0.15) is 35.8 Å². The minimum atomic E-state index is -1.38. The van der Waals surface area contributed by atoms with Gasteiger partial charge in [0, 0.05) is 24.0 Å². The Balaban J connectivity index is 1.43. The molecule has 0 spiro atoms. The molecule has 2 aromatic heterocycles. The molecule has 2 aromatic carbocycles. The average molecular weight is 456 g/mol. The minimum Gasteiger partial charge on any atom is -0.493 e. The van der Waals surface area contributed by atoms with Crippen molar-refractivity contribution in [1.82, 2.24) is 4.98 Å². The molecule has 0 aliphatic carbocycles. The summed E-state index contributed by atoms with van der Waals surface area (Å²) in [5.41, 5.74) is 8.44. The number of ether oxygens (including phenoxy) is 2. The number of benzene rings is 2. The molecule has 33 heavy (non-hydrogen) atoms. The minimum absolute atomic E-state index is 0.124. The zero-order valence-corrected chi connectivity index (χ0v) is 18.0. The van der Waals surface area contributed by atoms with Crippen molar-refractivity contribution in [3.05, 3.63) is 89.2 Å². The van der Waals surface area contributed by atoms with Gasteiger partial charge in [-0.05, 0) is 55.7 Å². The van der Waals surface area contributed by atoms with Crippen molar-refractivity contribution in [1.29, 1.82) is 0 Å². The highest BCUT2D eigenvalue weighted by Gasteiger charge is 2.19. The fourth-order valence-electron chi connectivity index (χ4n) is 3.60. The molecule has 8 heteroatoms. The van der Waals surface area contributed by atoms with Crippen molar-refractivity contribution in [2.24, 2.45) is 5.73 Å². The van der Waals surface area contributed by atoms with Gasteiger partial charge in [0.25, 0.3) is 0 Å². The molecule has 0 amide bonds. The summed E-state index contributed by atoms with van der Waals surface area (Å²) in [6.07, 6.45) is 4.93. The van der Waals surface area contributed by atoms with Crippen molar-refractivity contribution in [3.63, 3.8) is 0 Å². The third-order valence-electron chi connectivity index (χ3n) is 5.39. The van der Waals surface area contributed by atoms with Gasteiger partial charge in [0.1, 0.15) is 23.7 Å². The maximum atomic E-state index is 13.9. The predicted molar refractivity (Wildman–Crippen MR) is 117 cm³/mol. The van der Waals surface area contributed by atoms with Crippen LogP contribution in [-0.4, -0.2) is 11.6 Å². The Morgan fingerprint density at radius 1 is 1.03 bits per heavy atom. The molecule has 2 heterocycles. The molecule has 0 aliphatic heterocycles. The van der Waals surface area contributed by atoms with E-state index >= 15 is 0 Å². The van der Waals surface area contributed by atoms with Gasteiger partial charge in [0.15, 0.2) is 17.4 Å². The summed E-state index contributed by atoms with van der Waals surface area (Å²) in [6.45, 7) is 1.98. The summed E-state index contributed by atoms with van der Waals surface area (Å²) in [5, 5.41) is 0.743. The van der Waals surface area contributed by atoms with Crippen LogP contribution in [0.15, 0.2) is 59.3 Å². The molecule has 4 aromatic rings. The highest BCUT2D eigenvalue weighted by molar-refractivity contribution is 5.88. The van der Waals surface area contributed by atoms with E-state index in [9.17, 15) is 13.2 Å². The molecule has 0 fully saturated rings. The number of aromatic nitrogens is 1. The first-order valence-electron chi connectivity index (χ1n) is 10.5. The lowest BCUT2D eigenvalue weighted by molar-refractivity contribution is 0.244. The van der Waals surface area contributed by atoms with Gasteiger partial charge < -0.3 is 19.6 Å². The van der Waals surface area contributed by atoms with Gasteiger partial charge in [-0.3, -0.25) is 4.98 Å². The largest absolute Gasteiger partial charge is 0.493 e. The Bertz CT molecular complexity index is 1240. The van der Waals surface area contributed by atoms with Crippen LogP contribution in [-0.2, 0) is 6.61 Å². The van der Waals surface area contributed by atoms with E-state index in [0.717, 1.165) is 29.9 Å². The second kappa shape index (κ2) is 9.95. The van der Waals surface area contributed by atoms with Crippen LogP contribution in [0.3, 0.4) is 0 Å². The fourth-order valence-corrected chi connectivity index (χ4v) is 3.60. The molecule has 0 bridgehead atoms. The Morgan fingerprint density at radius 2 is 1.85 bits per heavy atom. The van der Waals surface area contributed by atoms with Gasteiger partial charge in [-0.15, -0.1) is 0 Å². The molecule has 172 valence electrons. The average Bonchev–Trinajstić information content (AvgIpc) is 3.16. The Kier molecular flexibility index (Phi) is 6.84. The Hall–Kier alpha value is -3.52. The van der Waals surface area contributed by atoms with Crippen LogP contribution >= 0.6 is 0 Å². The van der Waals surface area contributed by atoms with E-state index in [1.54, 1.807) is 31.5 Å². The molecule has 0 aliphatic rings. The van der Waals surface area contributed by atoms with Crippen LogP contribution < -0.4 is 15.2 Å². The molecule has 0 saturated carbocycles. The number of nitrogens with two attached hydrogens (primary N) is 1. The second-order valence-corrected chi connectivity index (χ2v) is 7.62. The van der Waals surface area contributed by atoms with E-state index < -0.39 is 23.2 Å². The van der Waals surface area contributed by atoms with Crippen molar-refractivity contribution >= 4 is 11.0 Å². The van der Waals surface area contributed by atoms with Crippen LogP contribution in [0.4, 0.5) is 13.2 Å². The van der Waals surface area contributed by atoms with Crippen LogP contribution in [0, 0.1) is 24.4 Å². The normalized spacial score (nSPS) is 12.2. The van der Waals surface area contributed by atoms with E-state index in [1.807, 2.05) is 18.2 Å². The maximum absolute atomic E-state index is 13.9. The van der Waals surface area contributed by atoms with Crippen molar-refractivity contribution < 1.29 is 27.1 Å². The number of halogens is 3. The summed E-state index contributed by atoms with van der Waals surface area (Å²) in [7, 11) is 0. The quantitative estimate of drug-likeness (QED) is 0.247. The van der Waals surface area contributed by atoms with Crippen LogP contribution in [0.25, 0.3) is 11.0 Å². The summed E-state index contributed by atoms with van der Waals surface area (Å²) in [5.74, 6) is -3.35. The number of nitrogens with zero attached hydrogens (tertiary/aromatic N) is 1. The lowest BCUT2D eigenvalue weighted by Crippen LogP contribution is -2.12. The van der Waals surface area contributed by atoms with E-state index in [0.29, 0.717) is 35.3 Å². The van der Waals surface area contributed by atoms with E-state index in [4.69, 9.17) is 19.6 Å². The second-order valence-electron chi connectivity index (χ2n) is 7.62. The van der Waals surface area contributed by atoms with E-state index in [2.05, 4.69) is 4.98 Å².